The molecule has 230 valence electrons. The van der Waals surface area contributed by atoms with Crippen molar-refractivity contribution in [1.29, 1.82) is 0 Å². The van der Waals surface area contributed by atoms with Crippen LogP contribution in [0.4, 0.5) is 19.0 Å². The Morgan fingerprint density at radius 1 is 1.14 bits per heavy atom. The number of likely N-dealkylation sites (tertiary alicyclic amines) is 1. The summed E-state index contributed by atoms with van der Waals surface area (Å²) in [6.45, 7) is 11.5. The highest BCUT2D eigenvalue weighted by molar-refractivity contribution is 5.94. The fourth-order valence-corrected chi connectivity index (χ4v) is 6.64. The minimum Gasteiger partial charge on any atom is -0.462 e. The van der Waals surface area contributed by atoms with Crippen LogP contribution in [-0.4, -0.2) is 95.3 Å². The number of nitrogens with zero attached hydrogens (tertiary/aromatic N) is 7. The number of carbonyl (C=O) groups excluding carboxylic acids is 1. The molecule has 0 saturated carbocycles. The number of benzene rings is 1. The number of ether oxygens (including phenoxy) is 1. The summed E-state index contributed by atoms with van der Waals surface area (Å²) in [5.74, 6) is -2.08. The average molecular weight is 606 g/mol. The van der Waals surface area contributed by atoms with Crippen LogP contribution >= 0.6 is 0 Å². The third-order valence-electron chi connectivity index (χ3n) is 8.95. The van der Waals surface area contributed by atoms with Crippen LogP contribution in [-0.2, 0) is 17.6 Å². The van der Waals surface area contributed by atoms with Crippen LogP contribution in [0.15, 0.2) is 36.9 Å². The van der Waals surface area contributed by atoms with Gasteiger partial charge in [-0.15, -0.1) is 0 Å². The van der Waals surface area contributed by atoms with E-state index in [-0.39, 0.29) is 50.4 Å². The second-order valence-electron chi connectivity index (χ2n) is 11.8. The quantitative estimate of drug-likeness (QED) is 0.289. The highest BCUT2D eigenvalue weighted by Crippen LogP contribution is 2.37. The minimum atomic E-state index is -1.09. The number of likely N-dealkylation sites (N-methyl/N-ethyl adjacent to an activating group) is 1. The number of fused-ring (bicyclic) bond motifs is 2. The second-order valence-corrected chi connectivity index (χ2v) is 11.8. The first-order chi connectivity index (χ1) is 21.2. The summed E-state index contributed by atoms with van der Waals surface area (Å²) in [4.78, 5) is 34.5. The molecule has 1 aliphatic carbocycles. The number of anilines is 1. The molecule has 9 nitrogen and oxygen atoms in total. The number of alkyl halides is 1. The molecule has 3 atom stereocenters. The Morgan fingerprint density at radius 3 is 2.70 bits per heavy atom. The number of pyridine rings is 1. The maximum absolute atomic E-state index is 16.6. The Morgan fingerprint density at radius 2 is 1.95 bits per heavy atom. The molecule has 3 aliphatic rings. The first-order valence-corrected chi connectivity index (χ1v) is 14.9. The molecule has 0 radical (unpaired) electrons. The van der Waals surface area contributed by atoms with Gasteiger partial charge in [0, 0.05) is 61.1 Å². The fourth-order valence-electron chi connectivity index (χ4n) is 6.64. The molecule has 2 aliphatic heterocycles. The van der Waals surface area contributed by atoms with Gasteiger partial charge in [0.1, 0.15) is 30.2 Å². The van der Waals surface area contributed by atoms with Gasteiger partial charge in [-0.3, -0.25) is 14.7 Å². The van der Waals surface area contributed by atoms with Crippen LogP contribution in [0.2, 0.25) is 0 Å². The molecule has 0 bridgehead atoms. The van der Waals surface area contributed by atoms with Gasteiger partial charge in [0.2, 0.25) is 6.54 Å². The molecule has 1 amide bonds. The Hall–Kier alpha value is -4.24. The zero-order chi connectivity index (χ0) is 31.0. The van der Waals surface area contributed by atoms with Gasteiger partial charge in [0.05, 0.1) is 0 Å². The van der Waals surface area contributed by atoms with Crippen LogP contribution in [0, 0.1) is 12.4 Å². The summed E-state index contributed by atoms with van der Waals surface area (Å²) >= 11 is 0. The number of amides is 1. The van der Waals surface area contributed by atoms with Crippen molar-refractivity contribution in [2.24, 2.45) is 0 Å². The standard InChI is InChI=1S/C32H34F3N7O2/c1-19(33)31(43)42-11-10-41(17-23(42)14-36-2)30-26-9-8-25(27-15-37-13-20-6-4-5-7-24(20)27)28(35)29(26)38-32(39-30)44-18-22-12-21(34)16-40(22)3/h8-9,13,15,21-23H,1,4-7,10-12,14,16-18H2,3H3/t21-,22+,23+/m1/s1. The number of hydrogen-bond acceptors (Lipinski definition) is 7. The SMILES string of the molecule is [C-]#[N+]C[C@H]1CN(c2nc(OC[C@@H]3C[C@@H](F)CN3C)nc3c(F)c(-c4cncc5c4CCCC5)ccc23)CCN1C(=O)C(=C)F. The molecule has 2 aromatic heterocycles. The number of carbonyl (C=O) groups is 1. The van der Waals surface area contributed by atoms with E-state index in [9.17, 15) is 13.6 Å². The van der Waals surface area contributed by atoms with Gasteiger partial charge in [-0.25, -0.2) is 19.7 Å². The smallest absolute Gasteiger partial charge is 0.319 e. The Labute approximate surface area is 254 Å². The van der Waals surface area contributed by atoms with E-state index in [1.54, 1.807) is 18.3 Å². The van der Waals surface area contributed by atoms with Crippen LogP contribution in [0.3, 0.4) is 0 Å². The summed E-state index contributed by atoms with van der Waals surface area (Å²) in [6, 6.07) is 2.63. The van der Waals surface area contributed by atoms with Gasteiger partial charge in [-0.05, 0) is 56.3 Å². The number of halogens is 3. The average Bonchev–Trinajstić information content (AvgIpc) is 3.35. The van der Waals surface area contributed by atoms with E-state index in [1.807, 2.05) is 23.0 Å². The maximum Gasteiger partial charge on any atom is 0.319 e. The van der Waals surface area contributed by atoms with Crippen LogP contribution in [0.5, 0.6) is 6.01 Å². The monoisotopic (exact) mass is 605 g/mol. The first-order valence-electron chi connectivity index (χ1n) is 14.9. The molecule has 4 heterocycles. The molecule has 12 heteroatoms. The van der Waals surface area contributed by atoms with Gasteiger partial charge < -0.3 is 19.4 Å². The number of aromatic nitrogens is 3. The van der Waals surface area contributed by atoms with Gasteiger partial charge in [-0.2, -0.15) is 9.97 Å². The van der Waals surface area contributed by atoms with Crippen molar-refractivity contribution >= 4 is 22.6 Å². The van der Waals surface area contributed by atoms with Crippen molar-refractivity contribution in [3.8, 4) is 17.1 Å². The molecule has 44 heavy (non-hydrogen) atoms. The number of piperazine rings is 1. The Kier molecular flexibility index (Phi) is 8.40. The van der Waals surface area contributed by atoms with Gasteiger partial charge in [0.15, 0.2) is 11.6 Å². The molecular formula is C32H34F3N7O2. The maximum atomic E-state index is 16.6. The molecule has 0 spiro atoms. The zero-order valence-electron chi connectivity index (χ0n) is 24.6. The van der Waals surface area contributed by atoms with Crippen LogP contribution in [0.1, 0.15) is 30.4 Å². The van der Waals surface area contributed by atoms with Crippen molar-refractivity contribution in [2.75, 3.05) is 51.3 Å². The largest absolute Gasteiger partial charge is 0.462 e. The summed E-state index contributed by atoms with van der Waals surface area (Å²) in [5, 5.41) is 0.439. The summed E-state index contributed by atoms with van der Waals surface area (Å²) in [7, 11) is 1.82. The fraction of sp³-hybridized carbons (Fsp3) is 0.469. The topological polar surface area (TPSA) is 79.1 Å². The highest BCUT2D eigenvalue weighted by Gasteiger charge is 2.36. The third-order valence-corrected chi connectivity index (χ3v) is 8.95. The van der Waals surface area contributed by atoms with Gasteiger partial charge in [0.25, 0.3) is 5.91 Å². The summed E-state index contributed by atoms with van der Waals surface area (Å²) in [5.41, 5.74) is 3.41. The molecule has 2 fully saturated rings. The Bertz CT molecular complexity index is 1640. The van der Waals surface area contributed by atoms with Crippen molar-refractivity contribution < 1.29 is 22.7 Å². The van der Waals surface area contributed by atoms with E-state index in [1.165, 1.54) is 4.90 Å². The first kappa shape index (κ1) is 29.8. The van der Waals surface area contributed by atoms with E-state index >= 15 is 4.39 Å². The predicted octanol–water partition coefficient (Wildman–Crippen LogP) is 4.55. The number of rotatable bonds is 7. The second kappa shape index (κ2) is 12.4. The molecule has 6 rings (SSSR count). The van der Waals surface area contributed by atoms with Crippen molar-refractivity contribution in [3.63, 3.8) is 0 Å². The summed E-state index contributed by atoms with van der Waals surface area (Å²) < 4.78 is 50.4. The molecule has 0 N–H and O–H groups in total. The van der Waals surface area contributed by atoms with Crippen LogP contribution in [0.25, 0.3) is 26.9 Å². The van der Waals surface area contributed by atoms with Crippen molar-refractivity contribution in [3.05, 3.63) is 65.3 Å². The van der Waals surface area contributed by atoms with E-state index in [0.29, 0.717) is 29.7 Å². The van der Waals surface area contributed by atoms with Crippen molar-refractivity contribution in [1.82, 2.24) is 24.8 Å². The molecule has 3 aromatic rings. The molecule has 1 aromatic carbocycles. The van der Waals surface area contributed by atoms with E-state index in [0.717, 1.165) is 42.4 Å². The van der Waals surface area contributed by atoms with Crippen molar-refractivity contribution in [2.45, 2.75) is 50.4 Å². The van der Waals surface area contributed by atoms with E-state index in [2.05, 4.69) is 26.4 Å². The normalized spacial score (nSPS) is 22.1. The molecular weight excluding hydrogens is 571 g/mol. The van der Waals surface area contributed by atoms with E-state index < -0.39 is 29.8 Å². The summed E-state index contributed by atoms with van der Waals surface area (Å²) in [6.07, 6.45) is 6.75. The lowest BCUT2D eigenvalue weighted by atomic mass is 9.87. The Balaban J connectivity index is 1.41. The lowest BCUT2D eigenvalue weighted by Crippen LogP contribution is -2.56. The molecule has 0 unspecified atom stereocenters. The van der Waals surface area contributed by atoms with Gasteiger partial charge in [-0.1, -0.05) is 12.6 Å². The number of aryl methyl sites for hydroxylation is 1. The molecule has 2 saturated heterocycles. The van der Waals surface area contributed by atoms with E-state index in [4.69, 9.17) is 11.3 Å². The van der Waals surface area contributed by atoms with Crippen LogP contribution < -0.4 is 9.64 Å². The zero-order valence-corrected chi connectivity index (χ0v) is 24.6. The third kappa shape index (κ3) is 5.68. The van der Waals surface area contributed by atoms with Gasteiger partial charge >= 0.3 is 6.01 Å². The number of hydrogen-bond donors (Lipinski definition) is 0. The predicted molar refractivity (Wildman–Crippen MR) is 160 cm³/mol. The minimum absolute atomic E-state index is 0.0507. The lowest BCUT2D eigenvalue weighted by molar-refractivity contribution is -0.131. The highest BCUT2D eigenvalue weighted by atomic mass is 19.1. The lowest BCUT2D eigenvalue weighted by Gasteiger charge is -2.39.